The van der Waals surface area contributed by atoms with Crippen molar-refractivity contribution in [1.29, 1.82) is 0 Å². The molecule has 2 N–H and O–H groups in total. The largest absolute Gasteiger partial charge is 0.390 e. The summed E-state index contributed by atoms with van der Waals surface area (Å²) >= 11 is 0. The molecular formula is C19H22N2O4. The molecule has 0 radical (unpaired) electrons. The van der Waals surface area contributed by atoms with Crippen molar-refractivity contribution in [1.82, 2.24) is 10.2 Å². The fourth-order valence-electron chi connectivity index (χ4n) is 3.45. The van der Waals surface area contributed by atoms with Gasteiger partial charge < -0.3 is 20.1 Å². The highest BCUT2D eigenvalue weighted by molar-refractivity contribution is 6.16. The number of carbonyl (C=O) groups is 2. The summed E-state index contributed by atoms with van der Waals surface area (Å²) in [5, 5.41) is 12.9. The molecule has 2 heterocycles. The zero-order valence-corrected chi connectivity index (χ0v) is 14.5. The molecule has 1 aromatic carbocycles. The summed E-state index contributed by atoms with van der Waals surface area (Å²) in [6.07, 6.45) is 4.23. The lowest BCUT2D eigenvalue weighted by Crippen LogP contribution is -2.50. The average molecular weight is 342 g/mol. The van der Waals surface area contributed by atoms with E-state index in [4.69, 9.17) is 4.74 Å². The second-order valence-electron chi connectivity index (χ2n) is 6.37. The smallest absolute Gasteiger partial charge is 0.255 e. The minimum absolute atomic E-state index is 0.0991. The van der Waals surface area contributed by atoms with Gasteiger partial charge in [-0.1, -0.05) is 18.2 Å². The van der Waals surface area contributed by atoms with Gasteiger partial charge in [0.2, 0.25) is 0 Å². The number of Topliss-reactive ketones (excluding diaryl/α,β-unsaturated/α-hetero) is 1. The third kappa shape index (κ3) is 2.99. The number of hydrogen-bond donors (Lipinski definition) is 2. The number of amides is 1. The predicted molar refractivity (Wildman–Crippen MR) is 93.3 cm³/mol. The number of benzene rings is 1. The van der Waals surface area contributed by atoms with E-state index in [-0.39, 0.29) is 11.7 Å². The number of likely N-dealkylation sites (N-methyl/N-ethyl adjacent to an activating group) is 1. The maximum absolute atomic E-state index is 13.0. The lowest BCUT2D eigenvalue weighted by atomic mass is 9.86. The number of dihydropyridines is 1. The Bertz CT molecular complexity index is 767. The molecule has 6 nitrogen and oxygen atoms in total. The fraction of sp³-hybridized carbons (Fsp3) is 0.368. The molecule has 132 valence electrons. The first-order chi connectivity index (χ1) is 12.0. The Morgan fingerprint density at radius 3 is 2.68 bits per heavy atom. The van der Waals surface area contributed by atoms with Gasteiger partial charge in [-0.05, 0) is 36.4 Å². The number of aliphatic hydroxyl groups excluding tert-OH is 1. The van der Waals surface area contributed by atoms with E-state index in [9.17, 15) is 14.7 Å². The summed E-state index contributed by atoms with van der Waals surface area (Å²) in [6.45, 7) is 2.16. The molecule has 25 heavy (non-hydrogen) atoms. The topological polar surface area (TPSA) is 78.9 Å². The van der Waals surface area contributed by atoms with Gasteiger partial charge in [-0.2, -0.15) is 0 Å². The van der Waals surface area contributed by atoms with Gasteiger partial charge in [-0.15, -0.1) is 0 Å². The van der Waals surface area contributed by atoms with Crippen LogP contribution in [0.5, 0.6) is 0 Å². The summed E-state index contributed by atoms with van der Waals surface area (Å²) < 4.78 is 5.31. The first-order valence-electron chi connectivity index (χ1n) is 8.21. The van der Waals surface area contributed by atoms with Crippen molar-refractivity contribution in [2.75, 3.05) is 20.7 Å². The fourth-order valence-corrected chi connectivity index (χ4v) is 3.45. The van der Waals surface area contributed by atoms with Crippen molar-refractivity contribution in [2.45, 2.75) is 25.2 Å². The molecule has 3 unspecified atom stereocenters. The van der Waals surface area contributed by atoms with Crippen molar-refractivity contribution in [3.63, 3.8) is 0 Å². The van der Waals surface area contributed by atoms with Crippen LogP contribution in [-0.4, -0.2) is 54.5 Å². The van der Waals surface area contributed by atoms with Crippen molar-refractivity contribution >= 4 is 11.7 Å². The number of methoxy groups -OCH3 is 1. The van der Waals surface area contributed by atoms with Crippen molar-refractivity contribution in [2.24, 2.45) is 0 Å². The van der Waals surface area contributed by atoms with Crippen molar-refractivity contribution in [3.8, 4) is 0 Å². The van der Waals surface area contributed by atoms with E-state index in [0.717, 1.165) is 5.57 Å². The van der Waals surface area contributed by atoms with Gasteiger partial charge in [0, 0.05) is 26.3 Å². The molecule has 0 aromatic heterocycles. The second-order valence-corrected chi connectivity index (χ2v) is 6.37. The van der Waals surface area contributed by atoms with E-state index in [1.165, 1.54) is 12.0 Å². The minimum Gasteiger partial charge on any atom is -0.390 e. The Balaban J connectivity index is 2.03. The van der Waals surface area contributed by atoms with E-state index in [1.807, 2.05) is 12.2 Å². The minimum atomic E-state index is -0.729. The lowest BCUT2D eigenvalue weighted by Gasteiger charge is -2.35. The number of aliphatic hydroxyl groups is 1. The molecule has 2 aliphatic rings. The van der Waals surface area contributed by atoms with Crippen LogP contribution in [0, 0.1) is 0 Å². The number of nitrogens with one attached hydrogen (secondary N) is 1. The first-order valence-corrected chi connectivity index (χ1v) is 8.21. The summed E-state index contributed by atoms with van der Waals surface area (Å²) in [5.74, 6) is -0.310. The predicted octanol–water partition coefficient (Wildman–Crippen LogP) is 1.44. The Morgan fingerprint density at radius 2 is 2.08 bits per heavy atom. The number of fused-ring (bicyclic) bond motifs is 1. The molecule has 0 spiro atoms. The van der Waals surface area contributed by atoms with Gasteiger partial charge in [0.1, 0.15) is 12.1 Å². The quantitative estimate of drug-likeness (QED) is 0.866. The van der Waals surface area contributed by atoms with Crippen molar-refractivity contribution < 1.29 is 19.4 Å². The monoisotopic (exact) mass is 342 g/mol. The summed E-state index contributed by atoms with van der Waals surface area (Å²) in [7, 11) is 3.14. The number of allylic oxidation sites excluding steroid dienone is 2. The molecule has 1 aromatic rings. The van der Waals surface area contributed by atoms with Gasteiger partial charge >= 0.3 is 0 Å². The third-order valence-electron chi connectivity index (χ3n) is 4.70. The maximum Gasteiger partial charge on any atom is 0.255 e. The molecule has 0 fully saturated rings. The van der Waals surface area contributed by atoms with E-state index in [0.29, 0.717) is 23.2 Å². The second kappa shape index (κ2) is 6.82. The highest BCUT2D eigenvalue weighted by Crippen LogP contribution is 2.30. The summed E-state index contributed by atoms with van der Waals surface area (Å²) in [5.41, 5.74) is 2.29. The van der Waals surface area contributed by atoms with E-state index in [2.05, 4.69) is 5.32 Å². The molecular weight excluding hydrogens is 320 g/mol. The lowest BCUT2D eigenvalue weighted by molar-refractivity contribution is -0.00355. The maximum atomic E-state index is 13.0. The normalized spacial score (nSPS) is 22.2. The van der Waals surface area contributed by atoms with Crippen molar-refractivity contribution in [3.05, 3.63) is 58.8 Å². The average Bonchev–Trinajstić information content (AvgIpc) is 2.61. The van der Waals surface area contributed by atoms with Crippen LogP contribution in [0.2, 0.25) is 0 Å². The molecule has 0 saturated carbocycles. The van der Waals surface area contributed by atoms with Crippen LogP contribution in [0.15, 0.2) is 42.1 Å². The molecule has 6 heteroatoms. The Morgan fingerprint density at radius 1 is 1.32 bits per heavy atom. The standard InChI is InChI=1S/C19H22N2O4/c1-11(22)18(25-3)12-6-7-14-15(9-12)19(24)21(2)16(17(14)23)13-5-4-8-20-10-13/h4-9,11,16,18,20,22H,10H2,1-3H3. The zero-order chi connectivity index (χ0) is 18.1. The summed E-state index contributed by atoms with van der Waals surface area (Å²) in [6, 6.07) is 4.45. The number of ketones is 1. The molecule has 3 rings (SSSR count). The molecule has 2 aliphatic heterocycles. The first kappa shape index (κ1) is 17.4. The van der Waals surface area contributed by atoms with Crippen LogP contribution in [0.4, 0.5) is 0 Å². The van der Waals surface area contributed by atoms with Crippen LogP contribution in [0.1, 0.15) is 39.3 Å². The van der Waals surface area contributed by atoms with E-state index in [1.54, 1.807) is 38.4 Å². The number of hydrogen-bond acceptors (Lipinski definition) is 5. The SMILES string of the molecule is COC(c1ccc2c(c1)C(=O)N(C)C(C1=CC=CNC1)C2=O)C(C)O. The Labute approximate surface area is 146 Å². The van der Waals surface area contributed by atoms with Crippen LogP contribution in [0.25, 0.3) is 0 Å². The van der Waals surface area contributed by atoms with E-state index < -0.39 is 18.2 Å². The zero-order valence-electron chi connectivity index (χ0n) is 14.5. The molecule has 1 amide bonds. The van der Waals surface area contributed by atoms with Crippen LogP contribution < -0.4 is 5.32 Å². The number of carbonyl (C=O) groups excluding carboxylic acids is 2. The highest BCUT2D eigenvalue weighted by atomic mass is 16.5. The molecule has 0 bridgehead atoms. The van der Waals surface area contributed by atoms with Gasteiger partial charge in [-0.3, -0.25) is 9.59 Å². The van der Waals surface area contributed by atoms with Crippen LogP contribution in [0.3, 0.4) is 0 Å². The molecule has 0 aliphatic carbocycles. The molecule has 0 saturated heterocycles. The van der Waals surface area contributed by atoms with Crippen LogP contribution >= 0.6 is 0 Å². The Kier molecular flexibility index (Phi) is 4.74. The van der Waals surface area contributed by atoms with Gasteiger partial charge in [0.25, 0.3) is 5.91 Å². The van der Waals surface area contributed by atoms with Gasteiger partial charge in [0.05, 0.1) is 11.7 Å². The number of nitrogens with zero attached hydrogens (tertiary/aromatic N) is 1. The van der Waals surface area contributed by atoms with E-state index >= 15 is 0 Å². The summed E-state index contributed by atoms with van der Waals surface area (Å²) in [4.78, 5) is 27.3. The highest BCUT2D eigenvalue weighted by Gasteiger charge is 2.39. The molecule has 3 atom stereocenters. The van der Waals surface area contributed by atoms with Crippen LogP contribution in [-0.2, 0) is 4.74 Å². The van der Waals surface area contributed by atoms with Gasteiger partial charge in [-0.25, -0.2) is 0 Å². The number of ether oxygens (including phenoxy) is 1. The Hall–Kier alpha value is -2.44. The third-order valence-corrected chi connectivity index (χ3v) is 4.70. The van der Waals surface area contributed by atoms with Gasteiger partial charge in [0.15, 0.2) is 5.78 Å². The number of rotatable bonds is 4.